The maximum absolute atomic E-state index is 3.68. The summed E-state index contributed by atoms with van der Waals surface area (Å²) in [7, 11) is 0. The molecule has 2 N–H and O–H groups in total. The van der Waals surface area contributed by atoms with Crippen molar-refractivity contribution in [1.82, 2.24) is 0 Å². The van der Waals surface area contributed by atoms with Crippen LogP contribution in [0.5, 0.6) is 0 Å². The first-order chi connectivity index (χ1) is 13.4. The van der Waals surface area contributed by atoms with Crippen LogP contribution in [-0.2, 0) is 0 Å². The molecule has 0 spiro atoms. The fourth-order valence-corrected chi connectivity index (χ4v) is 4.45. The molecule has 0 unspecified atom stereocenters. The van der Waals surface area contributed by atoms with Crippen LogP contribution in [0.3, 0.4) is 0 Å². The first-order valence-corrected chi connectivity index (χ1v) is 9.34. The van der Waals surface area contributed by atoms with Crippen LogP contribution in [0.15, 0.2) is 91.0 Å². The van der Waals surface area contributed by atoms with Crippen molar-refractivity contribution in [3.8, 4) is 11.1 Å². The van der Waals surface area contributed by atoms with Crippen LogP contribution in [0, 0.1) is 0 Å². The summed E-state index contributed by atoms with van der Waals surface area (Å²) >= 11 is 0. The monoisotopic (exact) mass is 344 g/mol. The molecular formula is C24H17BN2. The van der Waals surface area contributed by atoms with Gasteiger partial charge in [-0.25, -0.2) is 0 Å². The largest absolute Gasteiger partial charge is 0.356 e. The van der Waals surface area contributed by atoms with Gasteiger partial charge in [-0.05, 0) is 51.8 Å². The van der Waals surface area contributed by atoms with Crippen molar-refractivity contribution >= 4 is 45.9 Å². The van der Waals surface area contributed by atoms with Gasteiger partial charge in [-0.3, -0.25) is 0 Å². The quantitative estimate of drug-likeness (QED) is 0.441. The Bertz CT molecular complexity index is 1180. The maximum Gasteiger partial charge on any atom is 0.252 e. The highest BCUT2D eigenvalue weighted by Gasteiger charge is 2.36. The van der Waals surface area contributed by atoms with Gasteiger partial charge in [0.2, 0.25) is 0 Å². The molecule has 2 aliphatic heterocycles. The fraction of sp³-hybridized carbons (Fsp3) is 0. The minimum absolute atomic E-state index is 0.259. The fourth-order valence-electron chi connectivity index (χ4n) is 4.45. The van der Waals surface area contributed by atoms with Gasteiger partial charge >= 0.3 is 0 Å². The lowest BCUT2D eigenvalue weighted by molar-refractivity contribution is 1.51. The summed E-state index contributed by atoms with van der Waals surface area (Å²) in [6.07, 6.45) is 0. The number of para-hydroxylation sites is 1. The minimum atomic E-state index is 0.259. The summed E-state index contributed by atoms with van der Waals surface area (Å²) in [5.41, 5.74) is 11.3. The Labute approximate surface area is 159 Å². The molecule has 2 aliphatic rings. The van der Waals surface area contributed by atoms with Crippen molar-refractivity contribution in [3.05, 3.63) is 91.0 Å². The van der Waals surface area contributed by atoms with Gasteiger partial charge in [0, 0.05) is 22.7 Å². The molecule has 0 aliphatic carbocycles. The van der Waals surface area contributed by atoms with E-state index in [0.29, 0.717) is 0 Å². The molecule has 0 amide bonds. The molecular weight excluding hydrogens is 327 g/mol. The lowest BCUT2D eigenvalue weighted by atomic mass is 9.34. The van der Waals surface area contributed by atoms with E-state index in [-0.39, 0.29) is 6.71 Å². The molecule has 27 heavy (non-hydrogen) atoms. The average molecular weight is 344 g/mol. The van der Waals surface area contributed by atoms with Crippen molar-refractivity contribution < 1.29 is 0 Å². The molecule has 4 aromatic carbocycles. The second kappa shape index (κ2) is 5.52. The van der Waals surface area contributed by atoms with Gasteiger partial charge in [-0.2, -0.15) is 0 Å². The van der Waals surface area contributed by atoms with E-state index in [1.807, 2.05) is 0 Å². The third-order valence-electron chi connectivity index (χ3n) is 5.68. The van der Waals surface area contributed by atoms with Crippen LogP contribution in [0.2, 0.25) is 0 Å². The third kappa shape index (κ3) is 2.15. The number of hydrogen-bond donors (Lipinski definition) is 2. The zero-order valence-electron chi connectivity index (χ0n) is 14.7. The van der Waals surface area contributed by atoms with Gasteiger partial charge < -0.3 is 10.6 Å². The van der Waals surface area contributed by atoms with Crippen LogP contribution in [0.25, 0.3) is 11.1 Å². The number of rotatable bonds is 1. The average Bonchev–Trinajstić information content (AvgIpc) is 2.74. The Morgan fingerprint density at radius 1 is 0.481 bits per heavy atom. The highest BCUT2D eigenvalue weighted by atomic mass is 14.9. The molecule has 0 saturated carbocycles. The molecule has 0 saturated heterocycles. The number of hydrogen-bond acceptors (Lipinski definition) is 2. The molecule has 2 nitrogen and oxygen atoms in total. The summed E-state index contributed by atoms with van der Waals surface area (Å²) in [6, 6.07) is 32.5. The van der Waals surface area contributed by atoms with Gasteiger partial charge in [0.05, 0.1) is 0 Å². The first kappa shape index (κ1) is 14.7. The van der Waals surface area contributed by atoms with Gasteiger partial charge in [0.25, 0.3) is 6.71 Å². The first-order valence-electron chi connectivity index (χ1n) is 9.34. The van der Waals surface area contributed by atoms with E-state index < -0.39 is 0 Å². The lowest BCUT2D eigenvalue weighted by Gasteiger charge is -2.34. The summed E-state index contributed by atoms with van der Waals surface area (Å²) in [6.45, 7) is 0.259. The highest BCUT2D eigenvalue weighted by Crippen LogP contribution is 2.31. The number of fused-ring (bicyclic) bond motifs is 4. The topological polar surface area (TPSA) is 24.1 Å². The Hall–Kier alpha value is -3.46. The molecule has 6 rings (SSSR count). The van der Waals surface area contributed by atoms with E-state index in [0.717, 1.165) is 0 Å². The van der Waals surface area contributed by atoms with E-state index in [1.54, 1.807) is 0 Å². The molecule has 4 aromatic rings. The summed E-state index contributed by atoms with van der Waals surface area (Å²) in [4.78, 5) is 0. The summed E-state index contributed by atoms with van der Waals surface area (Å²) in [5.74, 6) is 0. The van der Waals surface area contributed by atoms with Gasteiger partial charge in [0.15, 0.2) is 0 Å². The third-order valence-corrected chi connectivity index (χ3v) is 5.68. The molecule has 0 aromatic heterocycles. The van der Waals surface area contributed by atoms with E-state index >= 15 is 0 Å². The summed E-state index contributed by atoms with van der Waals surface area (Å²) in [5, 5.41) is 7.29. The van der Waals surface area contributed by atoms with Crippen molar-refractivity contribution in [1.29, 1.82) is 0 Å². The van der Waals surface area contributed by atoms with Gasteiger partial charge in [-0.1, -0.05) is 66.7 Å². The standard InChI is InChI=1S/C24H17BN2/c1-2-7-16(8-3-1)17-13-14-19-23(15-17)27-22-12-6-11-21-24(22)25(19)18-9-4-5-10-20(18)26-21/h1-15,26-27H. The Kier molecular flexibility index (Phi) is 3.00. The second-order valence-electron chi connectivity index (χ2n) is 7.21. The molecule has 0 bridgehead atoms. The highest BCUT2D eigenvalue weighted by molar-refractivity contribution is 7.00. The van der Waals surface area contributed by atoms with Crippen LogP contribution in [-0.4, -0.2) is 6.71 Å². The van der Waals surface area contributed by atoms with Gasteiger partial charge in [0.1, 0.15) is 0 Å². The molecule has 3 heteroatoms. The Balaban J connectivity index is 1.58. The van der Waals surface area contributed by atoms with E-state index in [1.165, 1.54) is 50.3 Å². The van der Waals surface area contributed by atoms with Crippen molar-refractivity contribution in [3.63, 3.8) is 0 Å². The number of benzene rings is 4. The Morgan fingerprint density at radius 2 is 1.15 bits per heavy atom. The molecule has 126 valence electrons. The second-order valence-corrected chi connectivity index (χ2v) is 7.21. The zero-order valence-corrected chi connectivity index (χ0v) is 14.7. The van der Waals surface area contributed by atoms with Crippen LogP contribution >= 0.6 is 0 Å². The van der Waals surface area contributed by atoms with Crippen LogP contribution < -0.4 is 27.0 Å². The van der Waals surface area contributed by atoms with Crippen LogP contribution in [0.4, 0.5) is 22.7 Å². The molecule has 0 fully saturated rings. The summed E-state index contributed by atoms with van der Waals surface area (Å²) < 4.78 is 0. The zero-order chi connectivity index (χ0) is 17.8. The SMILES string of the molecule is c1ccc(-c2ccc3c(c2)Nc2cccc4c2B3c2ccccc2N4)cc1. The maximum atomic E-state index is 3.68. The molecule has 0 atom stereocenters. The van der Waals surface area contributed by atoms with E-state index in [2.05, 4.69) is 102 Å². The lowest BCUT2D eigenvalue weighted by Crippen LogP contribution is -2.58. The number of anilines is 4. The Morgan fingerprint density at radius 3 is 2.00 bits per heavy atom. The van der Waals surface area contributed by atoms with E-state index in [4.69, 9.17) is 0 Å². The smallest absolute Gasteiger partial charge is 0.252 e. The number of nitrogens with one attached hydrogen (secondary N) is 2. The van der Waals surface area contributed by atoms with E-state index in [9.17, 15) is 0 Å². The predicted octanol–water partition coefficient (Wildman–Crippen LogP) is 3.98. The van der Waals surface area contributed by atoms with Crippen LogP contribution in [0.1, 0.15) is 0 Å². The predicted molar refractivity (Wildman–Crippen MR) is 116 cm³/mol. The normalized spacial score (nSPS) is 13.0. The minimum Gasteiger partial charge on any atom is -0.356 e. The van der Waals surface area contributed by atoms with Crippen molar-refractivity contribution in [2.75, 3.05) is 10.6 Å². The van der Waals surface area contributed by atoms with Crippen molar-refractivity contribution in [2.24, 2.45) is 0 Å². The molecule has 2 heterocycles. The van der Waals surface area contributed by atoms with Crippen molar-refractivity contribution in [2.45, 2.75) is 0 Å². The molecule has 0 radical (unpaired) electrons. The van der Waals surface area contributed by atoms with Gasteiger partial charge in [-0.15, -0.1) is 0 Å².